The topological polar surface area (TPSA) is 97.0 Å². The van der Waals surface area contributed by atoms with Gasteiger partial charge in [-0.3, -0.25) is 0 Å². The van der Waals surface area contributed by atoms with Crippen LogP contribution >= 0.6 is 0 Å². The van der Waals surface area contributed by atoms with Crippen LogP contribution in [0.25, 0.3) is 0 Å². The van der Waals surface area contributed by atoms with Crippen LogP contribution in [0.5, 0.6) is 0 Å². The number of rotatable bonds is 4. The summed E-state index contributed by atoms with van der Waals surface area (Å²) in [6.07, 6.45) is 0. The summed E-state index contributed by atoms with van der Waals surface area (Å²) in [6, 6.07) is 21.4. The summed E-state index contributed by atoms with van der Waals surface area (Å²) in [5, 5.41) is 33.5. The molecule has 2 aromatic carbocycles. The van der Waals surface area contributed by atoms with Gasteiger partial charge in [0.25, 0.3) is 0 Å². The maximum atomic E-state index is 8.96. The fourth-order valence-corrected chi connectivity index (χ4v) is 1.44. The van der Waals surface area contributed by atoms with Crippen LogP contribution in [0, 0.1) is 22.7 Å². The molecule has 22 heavy (non-hydrogen) atoms. The highest BCUT2D eigenvalue weighted by Gasteiger charge is 2.04. The molecule has 0 saturated carbocycles. The lowest BCUT2D eigenvalue weighted by atomic mass is 10.3. The highest BCUT2D eigenvalue weighted by molar-refractivity contribution is 5.41. The molecule has 0 bridgehead atoms. The summed E-state index contributed by atoms with van der Waals surface area (Å²) >= 11 is 0. The van der Waals surface area contributed by atoms with Crippen LogP contribution < -0.4 is 0 Å². The number of hydrogen-bond acceptors (Lipinski definition) is 6. The smallest absolute Gasteiger partial charge is 0.191 e. The van der Waals surface area contributed by atoms with Crippen molar-refractivity contribution in [3.8, 4) is 12.1 Å². The van der Waals surface area contributed by atoms with Crippen LogP contribution in [0.4, 0.5) is 11.4 Å². The Bertz CT molecular complexity index is 725. The molecule has 2 aromatic rings. The summed E-state index contributed by atoms with van der Waals surface area (Å²) in [5.74, 6) is -0.127. The molecule has 0 fully saturated rings. The molecule has 6 nitrogen and oxygen atoms in total. The summed E-state index contributed by atoms with van der Waals surface area (Å²) < 4.78 is 0. The van der Waals surface area contributed by atoms with Crippen molar-refractivity contribution in [2.75, 3.05) is 0 Å². The molecule has 0 radical (unpaired) electrons. The zero-order valence-corrected chi connectivity index (χ0v) is 11.5. The summed E-state index contributed by atoms with van der Waals surface area (Å²) in [7, 11) is 0. The molecule has 6 heteroatoms. The monoisotopic (exact) mass is 286 g/mol. The average molecular weight is 286 g/mol. The molecular formula is C16H10N6. The molecule has 0 aliphatic heterocycles. The summed E-state index contributed by atoms with van der Waals surface area (Å²) in [4.78, 5) is 0. The molecule has 0 spiro atoms. The van der Waals surface area contributed by atoms with E-state index in [0.717, 1.165) is 0 Å². The van der Waals surface area contributed by atoms with E-state index in [4.69, 9.17) is 10.5 Å². The standard InChI is InChI=1S/C16H10N6/c17-11-13(12-18)16(21-19-14-7-3-1-4-8-14)22-20-15-9-5-2-6-10-15/h1-10H. The van der Waals surface area contributed by atoms with Gasteiger partial charge in [-0.25, -0.2) is 0 Å². The second-order valence-corrected chi connectivity index (χ2v) is 3.99. The molecule has 2 rings (SSSR count). The van der Waals surface area contributed by atoms with E-state index >= 15 is 0 Å². The number of benzene rings is 2. The Morgan fingerprint density at radius 2 is 1.09 bits per heavy atom. The minimum absolute atomic E-state index is 0.127. The van der Waals surface area contributed by atoms with E-state index in [-0.39, 0.29) is 11.4 Å². The molecule has 0 aliphatic rings. The molecule has 0 saturated heterocycles. The van der Waals surface area contributed by atoms with E-state index in [0.29, 0.717) is 11.4 Å². The first-order valence-corrected chi connectivity index (χ1v) is 6.31. The predicted molar refractivity (Wildman–Crippen MR) is 80.2 cm³/mol. The van der Waals surface area contributed by atoms with Crippen LogP contribution in [0.2, 0.25) is 0 Å². The molecule has 0 N–H and O–H groups in total. The predicted octanol–water partition coefficient (Wildman–Crippen LogP) is 4.81. The summed E-state index contributed by atoms with van der Waals surface area (Å²) in [5.41, 5.74) is 0.926. The minimum Gasteiger partial charge on any atom is -0.191 e. The van der Waals surface area contributed by atoms with Gasteiger partial charge in [0.2, 0.25) is 5.82 Å². The van der Waals surface area contributed by atoms with Crippen molar-refractivity contribution < 1.29 is 0 Å². The van der Waals surface area contributed by atoms with Gasteiger partial charge >= 0.3 is 0 Å². The molecule has 0 heterocycles. The van der Waals surface area contributed by atoms with Gasteiger partial charge in [-0.1, -0.05) is 36.4 Å². The lowest BCUT2D eigenvalue weighted by molar-refractivity contribution is 1.02. The van der Waals surface area contributed by atoms with E-state index in [9.17, 15) is 0 Å². The molecule has 0 unspecified atom stereocenters. The van der Waals surface area contributed by atoms with Crippen molar-refractivity contribution in [1.82, 2.24) is 0 Å². The maximum Gasteiger partial charge on any atom is 0.224 e. The fourth-order valence-electron chi connectivity index (χ4n) is 1.44. The second-order valence-electron chi connectivity index (χ2n) is 3.99. The molecule has 0 atom stereocenters. The third-order valence-electron chi connectivity index (χ3n) is 2.48. The second kappa shape index (κ2) is 7.83. The van der Waals surface area contributed by atoms with Crippen LogP contribution in [0.3, 0.4) is 0 Å². The average Bonchev–Trinajstić information content (AvgIpc) is 2.59. The molecule has 0 aliphatic carbocycles. The third kappa shape index (κ3) is 4.19. The van der Waals surface area contributed by atoms with Gasteiger partial charge < -0.3 is 0 Å². The quantitative estimate of drug-likeness (QED) is 0.595. The van der Waals surface area contributed by atoms with E-state index in [1.54, 1.807) is 60.7 Å². The molecular weight excluding hydrogens is 276 g/mol. The highest BCUT2D eigenvalue weighted by atomic mass is 15.2. The van der Waals surface area contributed by atoms with Gasteiger partial charge in [0, 0.05) is 0 Å². The molecule has 0 amide bonds. The van der Waals surface area contributed by atoms with Crippen molar-refractivity contribution in [2.45, 2.75) is 0 Å². The van der Waals surface area contributed by atoms with E-state index in [1.165, 1.54) is 0 Å². The molecule has 104 valence electrons. The number of nitrogens with zero attached hydrogens (tertiary/aromatic N) is 6. The van der Waals surface area contributed by atoms with E-state index in [2.05, 4.69) is 20.5 Å². The zero-order valence-electron chi connectivity index (χ0n) is 11.5. The SMILES string of the molecule is N#CC(C#N)=C(N=Nc1ccccc1)N=Nc1ccccc1. The molecule has 0 aromatic heterocycles. The lowest BCUT2D eigenvalue weighted by Gasteiger charge is -1.94. The van der Waals surface area contributed by atoms with Crippen molar-refractivity contribution in [3.63, 3.8) is 0 Å². The summed E-state index contributed by atoms with van der Waals surface area (Å²) in [6.45, 7) is 0. The first kappa shape index (κ1) is 14.8. The van der Waals surface area contributed by atoms with Gasteiger partial charge in [0.15, 0.2) is 5.57 Å². The Morgan fingerprint density at radius 1 is 0.682 bits per heavy atom. The lowest BCUT2D eigenvalue weighted by Crippen LogP contribution is -1.80. The van der Waals surface area contributed by atoms with E-state index in [1.807, 2.05) is 12.1 Å². The zero-order chi connectivity index (χ0) is 15.6. The Morgan fingerprint density at radius 3 is 1.45 bits per heavy atom. The minimum atomic E-state index is -0.251. The van der Waals surface area contributed by atoms with Gasteiger partial charge in [-0.15, -0.1) is 20.5 Å². The van der Waals surface area contributed by atoms with Gasteiger partial charge in [0.1, 0.15) is 12.1 Å². The first-order valence-electron chi connectivity index (χ1n) is 6.31. The van der Waals surface area contributed by atoms with Crippen LogP contribution in [0.15, 0.2) is 92.5 Å². The Kier molecular flexibility index (Phi) is 5.25. The normalized spacial score (nSPS) is 10.3. The van der Waals surface area contributed by atoms with Gasteiger partial charge in [-0.05, 0) is 24.3 Å². The van der Waals surface area contributed by atoms with Crippen molar-refractivity contribution >= 4 is 11.4 Å². The number of azo groups is 2. The number of nitriles is 2. The number of allylic oxidation sites excluding steroid dienone is 1. The largest absolute Gasteiger partial charge is 0.224 e. The number of hydrogen-bond donors (Lipinski definition) is 0. The van der Waals surface area contributed by atoms with Crippen LogP contribution in [0.1, 0.15) is 0 Å². The fraction of sp³-hybridized carbons (Fsp3) is 0. The van der Waals surface area contributed by atoms with Crippen molar-refractivity contribution in [1.29, 1.82) is 10.5 Å². The van der Waals surface area contributed by atoms with Crippen LogP contribution in [-0.2, 0) is 0 Å². The Balaban J connectivity index is 2.32. The van der Waals surface area contributed by atoms with Gasteiger partial charge in [-0.2, -0.15) is 10.5 Å². The van der Waals surface area contributed by atoms with Crippen LogP contribution in [-0.4, -0.2) is 0 Å². The third-order valence-corrected chi connectivity index (χ3v) is 2.48. The highest BCUT2D eigenvalue weighted by Crippen LogP contribution is 2.18. The van der Waals surface area contributed by atoms with E-state index < -0.39 is 0 Å². The van der Waals surface area contributed by atoms with Crippen molar-refractivity contribution in [2.24, 2.45) is 20.5 Å². The first-order chi connectivity index (χ1) is 10.8. The Hall–Kier alpha value is -3.64. The van der Waals surface area contributed by atoms with Gasteiger partial charge in [0.05, 0.1) is 11.4 Å². The van der Waals surface area contributed by atoms with Crippen molar-refractivity contribution in [3.05, 3.63) is 72.1 Å². The maximum absolute atomic E-state index is 8.96. The Labute approximate surface area is 127 Å².